The number of hydrogen-bond acceptors (Lipinski definition) is 5. The van der Waals surface area contributed by atoms with Crippen molar-refractivity contribution in [3.05, 3.63) is 12.1 Å². The van der Waals surface area contributed by atoms with Gasteiger partial charge in [-0.3, -0.25) is 4.79 Å². The third kappa shape index (κ3) is 5.77. The molecule has 1 aromatic heterocycles. The van der Waals surface area contributed by atoms with E-state index in [1.54, 1.807) is 12.1 Å². The van der Waals surface area contributed by atoms with Crippen LogP contribution >= 0.6 is 0 Å². The number of rotatable bonds is 8. The normalized spacial score (nSPS) is 10.4. The molecule has 0 aliphatic heterocycles. The van der Waals surface area contributed by atoms with Gasteiger partial charge >= 0.3 is 0 Å². The minimum atomic E-state index is -0.0601. The van der Waals surface area contributed by atoms with Crippen molar-refractivity contribution in [1.29, 1.82) is 0 Å². The van der Waals surface area contributed by atoms with Crippen molar-refractivity contribution < 1.29 is 9.53 Å². The Hall–Kier alpha value is -1.98. The lowest BCUT2D eigenvalue weighted by atomic mass is 10.2. The van der Waals surface area contributed by atoms with E-state index in [0.717, 1.165) is 6.42 Å². The van der Waals surface area contributed by atoms with Crippen LogP contribution in [0.3, 0.4) is 0 Å². The minimum absolute atomic E-state index is 0.0601. The van der Waals surface area contributed by atoms with Crippen molar-refractivity contribution in [3.8, 4) is 5.88 Å². The summed E-state index contributed by atoms with van der Waals surface area (Å²) >= 11 is 0. The first-order chi connectivity index (χ1) is 9.52. The lowest BCUT2D eigenvalue weighted by Gasteiger charge is -2.12. The standard InChI is InChI=1S/C14H24N4O2/c1-4-7-16-13(19)8-17-12-6-5-11(15)14(18-12)20-9-10(2)3/h5-6,10H,4,7-9,15H2,1-3H3,(H,16,19)(H,17,18). The van der Waals surface area contributed by atoms with E-state index in [1.807, 2.05) is 6.92 Å². The quantitative estimate of drug-likeness (QED) is 0.673. The van der Waals surface area contributed by atoms with Gasteiger partial charge in [0.15, 0.2) is 0 Å². The second kappa shape index (κ2) is 8.24. The summed E-state index contributed by atoms with van der Waals surface area (Å²) in [6.45, 7) is 7.52. The zero-order chi connectivity index (χ0) is 15.0. The average Bonchev–Trinajstić information content (AvgIpc) is 2.42. The van der Waals surface area contributed by atoms with Crippen LogP contribution in [-0.4, -0.2) is 30.6 Å². The van der Waals surface area contributed by atoms with Crippen LogP contribution in [0.4, 0.5) is 11.5 Å². The van der Waals surface area contributed by atoms with Gasteiger partial charge in [0.25, 0.3) is 0 Å². The summed E-state index contributed by atoms with van der Waals surface area (Å²) in [4.78, 5) is 15.7. The second-order valence-corrected chi connectivity index (χ2v) is 5.00. The topological polar surface area (TPSA) is 89.3 Å². The molecule has 0 saturated carbocycles. The molecule has 0 bridgehead atoms. The van der Waals surface area contributed by atoms with Crippen molar-refractivity contribution in [3.63, 3.8) is 0 Å². The summed E-state index contributed by atoms with van der Waals surface area (Å²) in [7, 11) is 0. The Balaban J connectivity index is 2.54. The Morgan fingerprint density at radius 2 is 2.20 bits per heavy atom. The van der Waals surface area contributed by atoms with Gasteiger partial charge in [0.2, 0.25) is 11.8 Å². The van der Waals surface area contributed by atoms with Crippen LogP contribution in [0.15, 0.2) is 12.1 Å². The molecule has 1 aromatic rings. The molecule has 1 rings (SSSR count). The molecule has 0 atom stereocenters. The smallest absolute Gasteiger partial charge is 0.239 e. The Morgan fingerprint density at radius 3 is 2.85 bits per heavy atom. The predicted molar refractivity (Wildman–Crippen MR) is 80.8 cm³/mol. The molecule has 0 fully saturated rings. The molecule has 6 nitrogen and oxygen atoms in total. The maximum Gasteiger partial charge on any atom is 0.239 e. The predicted octanol–water partition coefficient (Wildman–Crippen LogP) is 1.64. The molecule has 1 heterocycles. The van der Waals surface area contributed by atoms with E-state index < -0.39 is 0 Å². The van der Waals surface area contributed by atoms with E-state index in [4.69, 9.17) is 10.5 Å². The van der Waals surface area contributed by atoms with E-state index in [0.29, 0.717) is 36.5 Å². The van der Waals surface area contributed by atoms with Crippen molar-refractivity contribution in [2.24, 2.45) is 5.92 Å². The molecule has 112 valence electrons. The summed E-state index contributed by atoms with van der Waals surface area (Å²) in [6, 6.07) is 3.44. The molecule has 0 unspecified atom stereocenters. The number of ether oxygens (including phenoxy) is 1. The highest BCUT2D eigenvalue weighted by Crippen LogP contribution is 2.21. The summed E-state index contributed by atoms with van der Waals surface area (Å²) in [5.41, 5.74) is 6.30. The number of pyridine rings is 1. The Morgan fingerprint density at radius 1 is 1.45 bits per heavy atom. The largest absolute Gasteiger partial charge is 0.476 e. The van der Waals surface area contributed by atoms with Gasteiger partial charge in [-0.15, -0.1) is 0 Å². The number of carbonyl (C=O) groups excluding carboxylic acids is 1. The van der Waals surface area contributed by atoms with Gasteiger partial charge < -0.3 is 21.1 Å². The van der Waals surface area contributed by atoms with Crippen molar-refractivity contribution in [2.45, 2.75) is 27.2 Å². The fourth-order valence-electron chi connectivity index (χ4n) is 1.41. The van der Waals surface area contributed by atoms with Crippen LogP contribution in [0.5, 0.6) is 5.88 Å². The molecule has 0 aromatic carbocycles. The number of anilines is 2. The molecule has 4 N–H and O–H groups in total. The first kappa shape index (κ1) is 16.1. The third-order valence-corrected chi connectivity index (χ3v) is 2.45. The van der Waals surface area contributed by atoms with Gasteiger partial charge in [0, 0.05) is 6.54 Å². The van der Waals surface area contributed by atoms with Crippen LogP contribution in [-0.2, 0) is 4.79 Å². The number of nitrogens with zero attached hydrogens (tertiary/aromatic N) is 1. The summed E-state index contributed by atoms with van der Waals surface area (Å²) in [5.74, 6) is 1.31. The molecule has 1 amide bonds. The van der Waals surface area contributed by atoms with Gasteiger partial charge in [0.1, 0.15) is 5.82 Å². The van der Waals surface area contributed by atoms with E-state index >= 15 is 0 Å². The monoisotopic (exact) mass is 280 g/mol. The first-order valence-corrected chi connectivity index (χ1v) is 6.92. The fraction of sp³-hybridized carbons (Fsp3) is 0.571. The lowest BCUT2D eigenvalue weighted by molar-refractivity contribution is -0.119. The second-order valence-electron chi connectivity index (χ2n) is 5.00. The third-order valence-electron chi connectivity index (χ3n) is 2.45. The molecule has 0 radical (unpaired) electrons. The molecule has 6 heteroatoms. The number of nitrogens with one attached hydrogen (secondary N) is 2. The molecule has 0 aliphatic carbocycles. The Labute approximate surface area is 120 Å². The fourth-order valence-corrected chi connectivity index (χ4v) is 1.41. The van der Waals surface area contributed by atoms with Crippen LogP contribution in [0.25, 0.3) is 0 Å². The van der Waals surface area contributed by atoms with Crippen LogP contribution in [0.1, 0.15) is 27.2 Å². The van der Waals surface area contributed by atoms with Crippen molar-refractivity contribution >= 4 is 17.4 Å². The van der Waals surface area contributed by atoms with E-state index in [-0.39, 0.29) is 12.5 Å². The summed E-state index contributed by atoms with van der Waals surface area (Å²) < 4.78 is 5.53. The van der Waals surface area contributed by atoms with Gasteiger partial charge in [-0.1, -0.05) is 20.8 Å². The van der Waals surface area contributed by atoms with Crippen LogP contribution < -0.4 is 21.1 Å². The van der Waals surface area contributed by atoms with E-state index in [1.165, 1.54) is 0 Å². The lowest BCUT2D eigenvalue weighted by Crippen LogP contribution is -2.30. The highest BCUT2D eigenvalue weighted by atomic mass is 16.5. The van der Waals surface area contributed by atoms with Gasteiger partial charge in [-0.25, -0.2) is 0 Å². The number of carbonyl (C=O) groups is 1. The van der Waals surface area contributed by atoms with Crippen LogP contribution in [0, 0.1) is 5.92 Å². The zero-order valence-electron chi connectivity index (χ0n) is 12.4. The van der Waals surface area contributed by atoms with Crippen LogP contribution in [0.2, 0.25) is 0 Å². The van der Waals surface area contributed by atoms with E-state index in [2.05, 4.69) is 29.5 Å². The van der Waals surface area contributed by atoms with Crippen molar-refractivity contribution in [1.82, 2.24) is 10.3 Å². The van der Waals surface area contributed by atoms with Gasteiger partial charge in [-0.2, -0.15) is 4.98 Å². The Kier molecular flexibility index (Phi) is 6.63. The molecule has 0 aliphatic rings. The average molecular weight is 280 g/mol. The molecule has 0 spiro atoms. The Bertz CT molecular complexity index is 435. The molecular weight excluding hydrogens is 256 g/mol. The number of amides is 1. The number of nitrogen functional groups attached to an aromatic ring is 1. The summed E-state index contributed by atoms with van der Waals surface area (Å²) in [5, 5.41) is 5.73. The SMILES string of the molecule is CCCNC(=O)CNc1ccc(N)c(OCC(C)C)n1. The van der Waals surface area contributed by atoms with Gasteiger partial charge in [0.05, 0.1) is 18.8 Å². The van der Waals surface area contributed by atoms with E-state index in [9.17, 15) is 4.79 Å². The highest BCUT2D eigenvalue weighted by molar-refractivity contribution is 5.80. The summed E-state index contributed by atoms with van der Waals surface area (Å²) in [6.07, 6.45) is 0.916. The van der Waals surface area contributed by atoms with Crippen molar-refractivity contribution in [2.75, 3.05) is 30.7 Å². The maximum atomic E-state index is 11.5. The minimum Gasteiger partial charge on any atom is -0.476 e. The number of hydrogen-bond donors (Lipinski definition) is 3. The number of nitrogens with two attached hydrogens (primary N) is 1. The maximum absolute atomic E-state index is 11.5. The molecule has 20 heavy (non-hydrogen) atoms. The highest BCUT2D eigenvalue weighted by Gasteiger charge is 2.07. The first-order valence-electron chi connectivity index (χ1n) is 6.92. The molecular formula is C14H24N4O2. The number of aromatic nitrogens is 1. The zero-order valence-corrected chi connectivity index (χ0v) is 12.4. The molecule has 0 saturated heterocycles. The van der Waals surface area contributed by atoms with Gasteiger partial charge in [-0.05, 0) is 24.5 Å².